The maximum atomic E-state index is 12.2. The summed E-state index contributed by atoms with van der Waals surface area (Å²) >= 11 is 0. The van der Waals surface area contributed by atoms with Crippen molar-refractivity contribution in [2.45, 2.75) is 51.6 Å². The zero-order valence-corrected chi connectivity index (χ0v) is 13.2. The Balaban J connectivity index is 1.69. The molecule has 118 valence electrons. The minimum absolute atomic E-state index is 0.0537. The average Bonchev–Trinajstić information content (AvgIpc) is 3.05. The van der Waals surface area contributed by atoms with E-state index in [-0.39, 0.29) is 11.9 Å². The number of amides is 1. The van der Waals surface area contributed by atoms with Crippen LogP contribution in [0.2, 0.25) is 0 Å². The molecule has 1 heterocycles. The van der Waals surface area contributed by atoms with Crippen LogP contribution in [0.3, 0.4) is 0 Å². The van der Waals surface area contributed by atoms with Crippen LogP contribution in [-0.4, -0.2) is 21.7 Å². The number of benzene rings is 1. The summed E-state index contributed by atoms with van der Waals surface area (Å²) in [5.74, 6) is 0.380. The number of aromatic nitrogens is 2. The molecule has 3 N–H and O–H groups in total. The molecule has 0 saturated heterocycles. The number of nitrogens with two attached hydrogens (primary N) is 1. The van der Waals surface area contributed by atoms with Crippen LogP contribution in [0, 0.1) is 5.92 Å². The number of rotatable bonds is 4. The maximum absolute atomic E-state index is 12.2. The van der Waals surface area contributed by atoms with Gasteiger partial charge in [-0.1, -0.05) is 6.42 Å². The second kappa shape index (κ2) is 6.08. The lowest BCUT2D eigenvalue weighted by molar-refractivity contribution is -0.117. The first-order chi connectivity index (χ1) is 10.5. The highest BCUT2D eigenvalue weighted by molar-refractivity contribution is 5.93. The van der Waals surface area contributed by atoms with Crippen molar-refractivity contribution in [2.75, 3.05) is 5.32 Å². The zero-order valence-electron chi connectivity index (χ0n) is 13.2. The van der Waals surface area contributed by atoms with Gasteiger partial charge in [-0.15, -0.1) is 0 Å². The first kappa shape index (κ1) is 15.0. The van der Waals surface area contributed by atoms with E-state index in [2.05, 4.69) is 24.3 Å². The van der Waals surface area contributed by atoms with E-state index in [0.29, 0.717) is 18.4 Å². The maximum Gasteiger partial charge on any atom is 0.224 e. The van der Waals surface area contributed by atoms with Gasteiger partial charge in [0.05, 0.1) is 5.52 Å². The molecule has 2 aromatic rings. The fourth-order valence-electron chi connectivity index (χ4n) is 3.16. The highest BCUT2D eigenvalue weighted by atomic mass is 16.1. The lowest BCUT2D eigenvalue weighted by Gasteiger charge is -2.14. The number of anilines is 1. The standard InChI is InChI=1S/C17H24N4O/c1-11(2)21-10-13-8-14(6-7-16(13)20-21)19-17(22)9-12-4-3-5-15(12)18/h6-8,10-12,15H,3-5,9,18H2,1-2H3,(H,19,22)/t12-,15+/m0/s1. The van der Waals surface area contributed by atoms with Crippen molar-refractivity contribution in [3.05, 3.63) is 24.4 Å². The smallest absolute Gasteiger partial charge is 0.224 e. The summed E-state index contributed by atoms with van der Waals surface area (Å²) < 4.78 is 1.94. The molecule has 1 aromatic heterocycles. The molecule has 1 saturated carbocycles. The number of hydrogen-bond acceptors (Lipinski definition) is 3. The fourth-order valence-corrected chi connectivity index (χ4v) is 3.16. The Kier molecular flexibility index (Phi) is 4.16. The molecular formula is C17H24N4O. The van der Waals surface area contributed by atoms with E-state index in [0.717, 1.165) is 35.9 Å². The fraction of sp³-hybridized carbons (Fsp3) is 0.529. The van der Waals surface area contributed by atoms with E-state index >= 15 is 0 Å². The molecule has 1 fully saturated rings. The predicted molar refractivity (Wildman–Crippen MR) is 88.7 cm³/mol. The van der Waals surface area contributed by atoms with Crippen LogP contribution in [0.1, 0.15) is 45.6 Å². The normalized spacial score (nSPS) is 21.6. The van der Waals surface area contributed by atoms with E-state index < -0.39 is 0 Å². The second-order valence-corrected chi connectivity index (χ2v) is 6.58. The summed E-state index contributed by atoms with van der Waals surface area (Å²) in [7, 11) is 0. The van der Waals surface area contributed by atoms with Crippen LogP contribution in [0.5, 0.6) is 0 Å². The number of hydrogen-bond donors (Lipinski definition) is 2. The minimum atomic E-state index is 0.0537. The zero-order chi connectivity index (χ0) is 15.7. The molecule has 1 amide bonds. The average molecular weight is 300 g/mol. The molecule has 5 heteroatoms. The first-order valence-electron chi connectivity index (χ1n) is 8.07. The van der Waals surface area contributed by atoms with Crippen LogP contribution >= 0.6 is 0 Å². The summed E-state index contributed by atoms with van der Waals surface area (Å²) in [6.07, 6.45) is 5.78. The third-order valence-electron chi connectivity index (χ3n) is 4.50. The minimum Gasteiger partial charge on any atom is -0.327 e. The van der Waals surface area contributed by atoms with Gasteiger partial charge in [0.15, 0.2) is 0 Å². The Morgan fingerprint density at radius 3 is 2.95 bits per heavy atom. The number of carbonyl (C=O) groups excluding carboxylic acids is 1. The molecule has 1 aromatic carbocycles. The summed E-state index contributed by atoms with van der Waals surface area (Å²) in [6.45, 7) is 4.19. The Morgan fingerprint density at radius 1 is 1.45 bits per heavy atom. The molecule has 0 unspecified atom stereocenters. The predicted octanol–water partition coefficient (Wildman–Crippen LogP) is 3.07. The van der Waals surface area contributed by atoms with Crippen molar-refractivity contribution in [3.8, 4) is 0 Å². The van der Waals surface area contributed by atoms with Crippen LogP contribution in [0.25, 0.3) is 10.9 Å². The molecule has 1 aliphatic rings. The van der Waals surface area contributed by atoms with Crippen LogP contribution in [0.15, 0.2) is 24.4 Å². The largest absolute Gasteiger partial charge is 0.327 e. The molecule has 5 nitrogen and oxygen atoms in total. The topological polar surface area (TPSA) is 72.9 Å². The molecule has 1 aliphatic carbocycles. The number of nitrogens with one attached hydrogen (secondary N) is 1. The van der Waals surface area contributed by atoms with Crippen molar-refractivity contribution in [2.24, 2.45) is 11.7 Å². The summed E-state index contributed by atoms with van der Waals surface area (Å²) in [6, 6.07) is 6.34. The van der Waals surface area contributed by atoms with E-state index in [4.69, 9.17) is 5.73 Å². The molecule has 22 heavy (non-hydrogen) atoms. The Labute approximate surface area is 130 Å². The van der Waals surface area contributed by atoms with Gasteiger partial charge in [-0.2, -0.15) is 5.10 Å². The van der Waals surface area contributed by atoms with E-state index in [1.54, 1.807) is 0 Å². The summed E-state index contributed by atoms with van der Waals surface area (Å²) in [5, 5.41) is 8.55. The summed E-state index contributed by atoms with van der Waals surface area (Å²) in [5.41, 5.74) is 7.81. The van der Waals surface area contributed by atoms with Gasteiger partial charge in [0.2, 0.25) is 5.91 Å². The second-order valence-electron chi connectivity index (χ2n) is 6.58. The van der Waals surface area contributed by atoms with Gasteiger partial charge >= 0.3 is 0 Å². The Morgan fingerprint density at radius 2 is 2.27 bits per heavy atom. The van der Waals surface area contributed by atoms with Crippen LogP contribution in [-0.2, 0) is 4.79 Å². The summed E-state index contributed by atoms with van der Waals surface area (Å²) in [4.78, 5) is 12.2. The van der Waals surface area contributed by atoms with Crippen molar-refractivity contribution in [1.82, 2.24) is 9.78 Å². The quantitative estimate of drug-likeness (QED) is 0.911. The third kappa shape index (κ3) is 3.14. The van der Waals surface area contributed by atoms with Crippen molar-refractivity contribution >= 4 is 22.5 Å². The molecule has 3 rings (SSSR count). The van der Waals surface area contributed by atoms with Crippen molar-refractivity contribution in [1.29, 1.82) is 0 Å². The molecule has 0 aliphatic heterocycles. The highest BCUT2D eigenvalue weighted by Gasteiger charge is 2.26. The molecule has 0 spiro atoms. The van der Waals surface area contributed by atoms with Crippen LogP contribution < -0.4 is 11.1 Å². The van der Waals surface area contributed by atoms with Gasteiger partial charge in [-0.3, -0.25) is 9.48 Å². The molecule has 2 atom stereocenters. The van der Waals surface area contributed by atoms with Gasteiger partial charge in [-0.05, 0) is 50.8 Å². The third-order valence-corrected chi connectivity index (χ3v) is 4.50. The van der Waals surface area contributed by atoms with Gasteiger partial charge in [0, 0.05) is 35.8 Å². The lowest BCUT2D eigenvalue weighted by Crippen LogP contribution is -2.28. The number of fused-ring (bicyclic) bond motifs is 1. The van der Waals surface area contributed by atoms with Gasteiger partial charge in [0.25, 0.3) is 0 Å². The van der Waals surface area contributed by atoms with Crippen molar-refractivity contribution in [3.63, 3.8) is 0 Å². The Hall–Kier alpha value is -1.88. The monoisotopic (exact) mass is 300 g/mol. The lowest BCUT2D eigenvalue weighted by atomic mass is 10.00. The number of nitrogens with zero attached hydrogens (tertiary/aromatic N) is 2. The van der Waals surface area contributed by atoms with E-state index in [1.807, 2.05) is 29.1 Å². The van der Waals surface area contributed by atoms with Crippen LogP contribution in [0.4, 0.5) is 5.69 Å². The molecule has 0 radical (unpaired) electrons. The number of carbonyl (C=O) groups is 1. The van der Waals surface area contributed by atoms with Gasteiger partial charge < -0.3 is 11.1 Å². The van der Waals surface area contributed by atoms with Gasteiger partial charge in [-0.25, -0.2) is 0 Å². The van der Waals surface area contributed by atoms with Gasteiger partial charge in [0.1, 0.15) is 0 Å². The van der Waals surface area contributed by atoms with Crippen molar-refractivity contribution < 1.29 is 4.79 Å². The molecule has 0 bridgehead atoms. The van der Waals surface area contributed by atoms with E-state index in [9.17, 15) is 4.79 Å². The Bertz CT molecular complexity index is 676. The first-order valence-corrected chi connectivity index (χ1v) is 8.07. The van der Waals surface area contributed by atoms with E-state index in [1.165, 1.54) is 0 Å². The highest BCUT2D eigenvalue weighted by Crippen LogP contribution is 2.27. The molecular weight excluding hydrogens is 276 g/mol. The SMILES string of the molecule is CC(C)n1cc2cc(NC(=O)C[C@@H]3CCC[C@H]3N)ccc2n1.